The third kappa shape index (κ3) is 3.97. The van der Waals surface area contributed by atoms with Crippen LogP contribution >= 0.6 is 23.7 Å². The minimum Gasteiger partial charge on any atom is -0.350 e. The van der Waals surface area contributed by atoms with E-state index in [0.717, 1.165) is 11.1 Å². The number of amides is 1. The van der Waals surface area contributed by atoms with Crippen molar-refractivity contribution in [3.63, 3.8) is 0 Å². The summed E-state index contributed by atoms with van der Waals surface area (Å²) in [6.45, 7) is 3.50. The molecule has 0 bridgehead atoms. The first-order valence-corrected chi connectivity index (χ1v) is 9.30. The van der Waals surface area contributed by atoms with Gasteiger partial charge in [0.15, 0.2) is 14.6 Å². The maximum Gasteiger partial charge on any atom is 0.241 e. The third-order valence-corrected chi connectivity index (χ3v) is 6.77. The Morgan fingerprint density at radius 3 is 2.48 bits per heavy atom. The van der Waals surface area contributed by atoms with E-state index in [-0.39, 0.29) is 18.3 Å². The number of nitrogens with one attached hydrogen (secondary N) is 2. The highest BCUT2D eigenvalue weighted by atomic mass is 35.5. The van der Waals surface area contributed by atoms with Gasteiger partial charge in [0.1, 0.15) is 0 Å². The monoisotopic (exact) mass is 352 g/mol. The van der Waals surface area contributed by atoms with Gasteiger partial charge in [-0.25, -0.2) is 8.42 Å². The van der Waals surface area contributed by atoms with Crippen molar-refractivity contribution in [2.24, 2.45) is 0 Å². The molecule has 1 saturated heterocycles. The third-order valence-electron chi connectivity index (χ3n) is 3.75. The molecule has 1 aromatic rings. The maximum atomic E-state index is 12.4. The van der Waals surface area contributed by atoms with Gasteiger partial charge in [0.05, 0.1) is 6.54 Å². The Morgan fingerprint density at radius 1 is 1.38 bits per heavy atom. The zero-order valence-electron chi connectivity index (χ0n) is 12.1. The van der Waals surface area contributed by atoms with Crippen LogP contribution < -0.4 is 10.6 Å². The molecule has 1 aliphatic rings. The Balaban J connectivity index is 0.00000220. The summed E-state index contributed by atoms with van der Waals surface area (Å²) in [5.41, 5.74) is 0. The summed E-state index contributed by atoms with van der Waals surface area (Å²) in [6.07, 6.45) is 1.83. The lowest BCUT2D eigenvalue weighted by Crippen LogP contribution is -2.57. The van der Waals surface area contributed by atoms with Crippen molar-refractivity contribution in [2.45, 2.75) is 31.1 Å². The Labute approximate surface area is 135 Å². The quantitative estimate of drug-likeness (QED) is 0.855. The summed E-state index contributed by atoms with van der Waals surface area (Å²) in [5.74, 6) is -0.368. The van der Waals surface area contributed by atoms with E-state index < -0.39 is 14.6 Å². The fourth-order valence-electron chi connectivity index (χ4n) is 2.51. The number of carbonyl (C=O) groups is 1. The zero-order valence-corrected chi connectivity index (χ0v) is 14.6. The van der Waals surface area contributed by atoms with Crippen molar-refractivity contribution in [2.75, 3.05) is 19.3 Å². The van der Waals surface area contributed by atoms with Crippen LogP contribution in [-0.4, -0.2) is 38.4 Å². The molecule has 1 amide bonds. The maximum absolute atomic E-state index is 12.4. The number of hydrogen-bond donors (Lipinski definition) is 2. The molecule has 0 radical (unpaired) electrons. The molecule has 0 atom stereocenters. The van der Waals surface area contributed by atoms with Crippen molar-refractivity contribution in [1.29, 1.82) is 0 Å². The molecular formula is C13H21ClN2O3S2. The van der Waals surface area contributed by atoms with Crippen LogP contribution in [0.2, 0.25) is 0 Å². The summed E-state index contributed by atoms with van der Waals surface area (Å²) in [6, 6.07) is 3.94. The Morgan fingerprint density at radius 2 is 2.00 bits per heavy atom. The van der Waals surface area contributed by atoms with E-state index in [4.69, 9.17) is 0 Å². The molecule has 5 nitrogen and oxygen atoms in total. The predicted molar refractivity (Wildman–Crippen MR) is 87.8 cm³/mol. The number of thiophene rings is 1. The first-order valence-electron chi connectivity index (χ1n) is 6.59. The van der Waals surface area contributed by atoms with Gasteiger partial charge in [0, 0.05) is 16.0 Å². The highest BCUT2D eigenvalue weighted by Gasteiger charge is 2.48. The Hall–Kier alpha value is -0.630. The lowest BCUT2D eigenvalue weighted by Gasteiger charge is -2.34. The van der Waals surface area contributed by atoms with E-state index in [2.05, 4.69) is 10.6 Å². The molecule has 0 unspecified atom stereocenters. The second kappa shape index (κ2) is 7.09. The van der Waals surface area contributed by atoms with E-state index >= 15 is 0 Å². The minimum atomic E-state index is -3.43. The van der Waals surface area contributed by atoms with Crippen molar-refractivity contribution in [3.8, 4) is 0 Å². The van der Waals surface area contributed by atoms with Crippen LogP contribution in [0.25, 0.3) is 0 Å². The highest BCUT2D eigenvalue weighted by molar-refractivity contribution is 7.92. The van der Waals surface area contributed by atoms with Crippen molar-refractivity contribution in [3.05, 3.63) is 21.9 Å². The van der Waals surface area contributed by atoms with Crippen LogP contribution in [0.4, 0.5) is 0 Å². The summed E-state index contributed by atoms with van der Waals surface area (Å²) in [4.78, 5) is 14.6. The van der Waals surface area contributed by atoms with Crippen LogP contribution in [0.3, 0.4) is 0 Å². The first-order chi connectivity index (χ1) is 9.35. The SMILES string of the molecule is Cc1ccc(CNC(=O)C2(S(C)(=O)=O)CCNCC2)s1.Cl. The van der Waals surface area contributed by atoms with Crippen molar-refractivity contribution < 1.29 is 13.2 Å². The molecule has 21 heavy (non-hydrogen) atoms. The van der Waals surface area contributed by atoms with Gasteiger partial charge in [-0.05, 0) is 45.0 Å². The van der Waals surface area contributed by atoms with E-state index in [9.17, 15) is 13.2 Å². The number of hydrogen-bond acceptors (Lipinski definition) is 5. The van der Waals surface area contributed by atoms with E-state index in [1.165, 1.54) is 4.88 Å². The van der Waals surface area contributed by atoms with Crippen molar-refractivity contribution in [1.82, 2.24) is 10.6 Å². The fourth-order valence-corrected chi connectivity index (χ4v) is 4.69. The average Bonchev–Trinajstić information content (AvgIpc) is 2.81. The molecule has 0 aromatic carbocycles. The molecule has 1 aromatic heterocycles. The van der Waals surface area contributed by atoms with Gasteiger partial charge in [-0.3, -0.25) is 4.79 Å². The predicted octanol–water partition coefficient (Wildman–Crippen LogP) is 1.26. The molecule has 2 rings (SSSR count). The number of rotatable bonds is 4. The molecule has 0 spiro atoms. The molecule has 0 aliphatic carbocycles. The molecular weight excluding hydrogens is 332 g/mol. The average molecular weight is 353 g/mol. The smallest absolute Gasteiger partial charge is 0.241 e. The van der Waals surface area contributed by atoms with Crippen molar-refractivity contribution >= 4 is 39.5 Å². The van der Waals surface area contributed by atoms with Gasteiger partial charge >= 0.3 is 0 Å². The largest absolute Gasteiger partial charge is 0.350 e. The number of aryl methyl sites for hydroxylation is 1. The van der Waals surface area contributed by atoms with Gasteiger partial charge in [0.2, 0.25) is 5.91 Å². The summed E-state index contributed by atoms with van der Waals surface area (Å²) in [5, 5.41) is 5.90. The van der Waals surface area contributed by atoms with Crippen LogP contribution in [0.15, 0.2) is 12.1 Å². The van der Waals surface area contributed by atoms with Gasteiger partial charge in [-0.2, -0.15) is 0 Å². The lowest BCUT2D eigenvalue weighted by atomic mass is 9.96. The number of carbonyl (C=O) groups excluding carboxylic acids is 1. The number of halogens is 1. The van der Waals surface area contributed by atoms with Gasteiger partial charge < -0.3 is 10.6 Å². The first kappa shape index (κ1) is 18.4. The molecule has 2 heterocycles. The molecule has 2 N–H and O–H groups in total. The van der Waals surface area contributed by atoms with Crippen LogP contribution in [-0.2, 0) is 21.2 Å². The fraction of sp³-hybridized carbons (Fsp3) is 0.615. The normalized spacial score (nSPS) is 17.8. The van der Waals surface area contributed by atoms with E-state index in [1.807, 2.05) is 19.1 Å². The van der Waals surface area contributed by atoms with Crippen LogP contribution in [0.5, 0.6) is 0 Å². The number of piperidine rings is 1. The molecule has 1 fully saturated rings. The molecule has 0 saturated carbocycles. The second-order valence-corrected chi connectivity index (χ2v) is 8.91. The Kier molecular flexibility index (Phi) is 6.22. The summed E-state index contributed by atoms with van der Waals surface area (Å²) in [7, 11) is -3.43. The molecule has 8 heteroatoms. The standard InChI is InChI=1S/C13H20N2O3S2.ClH/c1-10-3-4-11(19-10)9-15-12(16)13(20(2,17)18)5-7-14-8-6-13;/h3-4,14H,5-9H2,1-2H3,(H,15,16);1H. The second-order valence-electron chi connectivity index (χ2n) is 5.21. The zero-order chi connectivity index (χ0) is 14.8. The van der Waals surface area contributed by atoms with Crippen LogP contribution in [0, 0.1) is 6.92 Å². The molecule has 1 aliphatic heterocycles. The minimum absolute atomic E-state index is 0. The highest BCUT2D eigenvalue weighted by Crippen LogP contribution is 2.28. The molecule has 120 valence electrons. The van der Waals surface area contributed by atoms with Gasteiger partial charge in [-0.15, -0.1) is 23.7 Å². The topological polar surface area (TPSA) is 75.3 Å². The van der Waals surface area contributed by atoms with Gasteiger partial charge in [-0.1, -0.05) is 0 Å². The van der Waals surface area contributed by atoms with E-state index in [1.54, 1.807) is 11.3 Å². The van der Waals surface area contributed by atoms with Gasteiger partial charge in [0.25, 0.3) is 0 Å². The van der Waals surface area contributed by atoms with E-state index in [0.29, 0.717) is 32.5 Å². The Bertz CT molecular complexity index is 592. The number of sulfone groups is 1. The lowest BCUT2D eigenvalue weighted by molar-refractivity contribution is -0.124. The van der Waals surface area contributed by atoms with Crippen LogP contribution in [0.1, 0.15) is 22.6 Å². The summed E-state index contributed by atoms with van der Waals surface area (Å²) < 4.78 is 22.9. The summed E-state index contributed by atoms with van der Waals surface area (Å²) >= 11 is 1.61.